The van der Waals surface area contributed by atoms with Crippen LogP contribution in [0.2, 0.25) is 0 Å². The zero-order chi connectivity index (χ0) is 18.9. The van der Waals surface area contributed by atoms with Crippen LogP contribution in [0, 0.1) is 5.92 Å². The monoisotopic (exact) mass is 407 g/mol. The van der Waals surface area contributed by atoms with Crippen molar-refractivity contribution in [2.45, 2.75) is 25.7 Å². The lowest BCUT2D eigenvalue weighted by Gasteiger charge is -2.32. The third-order valence-electron chi connectivity index (χ3n) is 5.12. The smallest absolute Gasteiger partial charge is 0.226 e. The maximum absolute atomic E-state index is 12.5. The van der Waals surface area contributed by atoms with Gasteiger partial charge in [-0.2, -0.15) is 0 Å². The quantitative estimate of drug-likeness (QED) is 0.679. The van der Waals surface area contributed by atoms with Gasteiger partial charge in [0.1, 0.15) is 5.75 Å². The number of benzene rings is 1. The van der Waals surface area contributed by atoms with Gasteiger partial charge in [-0.1, -0.05) is 29.8 Å². The molecule has 6 nitrogen and oxygen atoms in total. The van der Waals surface area contributed by atoms with Crippen LogP contribution >= 0.6 is 12.4 Å². The summed E-state index contributed by atoms with van der Waals surface area (Å²) in [6, 6.07) is 9.50. The molecule has 2 N–H and O–H groups in total. The van der Waals surface area contributed by atoms with E-state index in [1.54, 1.807) is 0 Å². The standard InChI is InChI=1S/C21H29N3O3.ClH/c25-20(10-14-27-19-6-2-1-3-7-19)24-13-4-5-18(16-24)21(26)23-15-17-8-11-22-12-9-17;/h1-3,6-8,18,22H,4-5,9-16H2,(H,23,26);1H. The number of nitrogens with zero attached hydrogens (tertiary/aromatic N) is 1. The highest BCUT2D eigenvalue weighted by molar-refractivity contribution is 5.85. The zero-order valence-electron chi connectivity index (χ0n) is 16.2. The number of halogens is 1. The van der Waals surface area contributed by atoms with Gasteiger partial charge < -0.3 is 20.3 Å². The Labute approximate surface area is 173 Å². The first-order chi connectivity index (χ1) is 13.2. The lowest BCUT2D eigenvalue weighted by atomic mass is 9.96. The molecular weight excluding hydrogens is 378 g/mol. The first-order valence-corrected chi connectivity index (χ1v) is 9.84. The number of amides is 2. The lowest BCUT2D eigenvalue weighted by molar-refractivity contribution is -0.136. The molecule has 1 fully saturated rings. The molecule has 2 aliphatic rings. The van der Waals surface area contributed by atoms with E-state index in [-0.39, 0.29) is 30.1 Å². The Bertz CT molecular complexity index is 666. The average Bonchev–Trinajstić information content (AvgIpc) is 2.73. The second kappa shape index (κ2) is 11.7. The number of piperidine rings is 1. The highest BCUT2D eigenvalue weighted by Gasteiger charge is 2.28. The van der Waals surface area contributed by atoms with Crippen molar-refractivity contribution in [2.75, 3.05) is 39.3 Å². The molecule has 28 heavy (non-hydrogen) atoms. The highest BCUT2D eigenvalue weighted by Crippen LogP contribution is 2.18. The van der Waals surface area contributed by atoms with E-state index >= 15 is 0 Å². The summed E-state index contributed by atoms with van der Waals surface area (Å²) in [7, 11) is 0. The van der Waals surface area contributed by atoms with Crippen molar-refractivity contribution >= 4 is 24.2 Å². The summed E-state index contributed by atoms with van der Waals surface area (Å²) in [5.74, 6) is 0.783. The van der Waals surface area contributed by atoms with Gasteiger partial charge in [-0.3, -0.25) is 9.59 Å². The Hall–Kier alpha value is -2.05. The molecule has 2 aliphatic heterocycles. The van der Waals surface area contributed by atoms with E-state index in [0.717, 1.165) is 44.6 Å². The number of likely N-dealkylation sites (tertiary alicyclic amines) is 1. The normalized spacial score (nSPS) is 19.2. The molecule has 2 amide bonds. The van der Waals surface area contributed by atoms with Crippen molar-refractivity contribution in [3.8, 4) is 5.75 Å². The number of rotatable bonds is 7. The van der Waals surface area contributed by atoms with Crippen molar-refractivity contribution in [1.29, 1.82) is 0 Å². The van der Waals surface area contributed by atoms with Gasteiger partial charge in [0.2, 0.25) is 11.8 Å². The van der Waals surface area contributed by atoms with Gasteiger partial charge >= 0.3 is 0 Å². The van der Waals surface area contributed by atoms with Crippen LogP contribution in [0.3, 0.4) is 0 Å². The molecule has 0 saturated carbocycles. The number of hydrogen-bond acceptors (Lipinski definition) is 4. The Morgan fingerprint density at radius 3 is 2.82 bits per heavy atom. The van der Waals surface area contributed by atoms with Crippen LogP contribution in [0.5, 0.6) is 5.75 Å². The van der Waals surface area contributed by atoms with Crippen molar-refractivity contribution in [1.82, 2.24) is 15.5 Å². The molecule has 1 unspecified atom stereocenters. The maximum atomic E-state index is 12.5. The predicted octanol–water partition coefficient (Wildman–Crippen LogP) is 2.15. The Balaban J connectivity index is 0.00000280. The molecule has 2 heterocycles. The van der Waals surface area contributed by atoms with Gasteiger partial charge in [0.25, 0.3) is 0 Å². The van der Waals surface area contributed by atoms with E-state index in [1.807, 2.05) is 35.2 Å². The summed E-state index contributed by atoms with van der Waals surface area (Å²) < 4.78 is 5.61. The van der Waals surface area contributed by atoms with Crippen molar-refractivity contribution < 1.29 is 14.3 Å². The Morgan fingerprint density at radius 1 is 1.25 bits per heavy atom. The second-order valence-corrected chi connectivity index (χ2v) is 7.12. The van der Waals surface area contributed by atoms with E-state index < -0.39 is 0 Å². The molecule has 1 aromatic rings. The first-order valence-electron chi connectivity index (χ1n) is 9.84. The van der Waals surface area contributed by atoms with Crippen LogP contribution in [0.1, 0.15) is 25.7 Å². The molecule has 1 aromatic carbocycles. The molecule has 3 rings (SSSR count). The summed E-state index contributed by atoms with van der Waals surface area (Å²) in [5.41, 5.74) is 1.28. The van der Waals surface area contributed by atoms with Crippen molar-refractivity contribution in [3.05, 3.63) is 42.0 Å². The number of carbonyl (C=O) groups excluding carboxylic acids is 2. The topological polar surface area (TPSA) is 70.7 Å². The van der Waals surface area contributed by atoms with E-state index in [4.69, 9.17) is 4.74 Å². The molecular formula is C21H30ClN3O3. The SMILES string of the molecule is Cl.O=C(NCC1=CCNCC1)C1CCCN(C(=O)CCOc2ccccc2)C1. The summed E-state index contributed by atoms with van der Waals surface area (Å²) >= 11 is 0. The van der Waals surface area contributed by atoms with Crippen LogP contribution in [0.15, 0.2) is 42.0 Å². The van der Waals surface area contributed by atoms with Gasteiger partial charge in [-0.25, -0.2) is 0 Å². The minimum absolute atomic E-state index is 0. The lowest BCUT2D eigenvalue weighted by Crippen LogP contribution is -2.46. The Kier molecular flexibility index (Phi) is 9.31. The third-order valence-corrected chi connectivity index (χ3v) is 5.12. The maximum Gasteiger partial charge on any atom is 0.226 e. The van der Waals surface area contributed by atoms with Crippen molar-refractivity contribution in [2.24, 2.45) is 5.92 Å². The van der Waals surface area contributed by atoms with E-state index in [1.165, 1.54) is 5.57 Å². The van der Waals surface area contributed by atoms with Gasteiger partial charge in [0.05, 0.1) is 18.9 Å². The van der Waals surface area contributed by atoms with Crippen LogP contribution in [-0.2, 0) is 9.59 Å². The zero-order valence-corrected chi connectivity index (χ0v) is 17.0. The van der Waals surface area contributed by atoms with E-state index in [2.05, 4.69) is 16.7 Å². The van der Waals surface area contributed by atoms with Crippen molar-refractivity contribution in [3.63, 3.8) is 0 Å². The highest BCUT2D eigenvalue weighted by atomic mass is 35.5. The minimum Gasteiger partial charge on any atom is -0.493 e. The van der Waals surface area contributed by atoms with Gasteiger partial charge in [0, 0.05) is 26.2 Å². The van der Waals surface area contributed by atoms with Crippen LogP contribution < -0.4 is 15.4 Å². The molecule has 1 saturated heterocycles. The number of carbonyl (C=O) groups is 2. The van der Waals surface area contributed by atoms with Gasteiger partial charge in [-0.15, -0.1) is 12.4 Å². The Morgan fingerprint density at radius 2 is 2.07 bits per heavy atom. The van der Waals surface area contributed by atoms with Crippen LogP contribution in [0.25, 0.3) is 0 Å². The largest absolute Gasteiger partial charge is 0.493 e. The number of ether oxygens (including phenoxy) is 1. The third kappa shape index (κ3) is 6.84. The molecule has 0 aliphatic carbocycles. The summed E-state index contributed by atoms with van der Waals surface area (Å²) in [5, 5.41) is 6.32. The number of hydrogen-bond donors (Lipinski definition) is 2. The van der Waals surface area contributed by atoms with Crippen LogP contribution in [-0.4, -0.2) is 56.0 Å². The summed E-state index contributed by atoms with van der Waals surface area (Å²) in [6.45, 7) is 4.07. The summed E-state index contributed by atoms with van der Waals surface area (Å²) in [6.07, 6.45) is 5.18. The molecule has 0 aromatic heterocycles. The fourth-order valence-electron chi connectivity index (χ4n) is 3.52. The number of para-hydroxylation sites is 1. The van der Waals surface area contributed by atoms with E-state index in [0.29, 0.717) is 26.1 Å². The second-order valence-electron chi connectivity index (χ2n) is 7.12. The fraction of sp³-hybridized carbons (Fsp3) is 0.524. The van der Waals surface area contributed by atoms with E-state index in [9.17, 15) is 9.59 Å². The van der Waals surface area contributed by atoms with Gasteiger partial charge in [-0.05, 0) is 37.9 Å². The average molecular weight is 408 g/mol. The van der Waals surface area contributed by atoms with Crippen LogP contribution in [0.4, 0.5) is 0 Å². The number of nitrogens with one attached hydrogen (secondary N) is 2. The molecule has 7 heteroatoms. The fourth-order valence-corrected chi connectivity index (χ4v) is 3.52. The molecule has 0 spiro atoms. The summed E-state index contributed by atoms with van der Waals surface area (Å²) in [4.78, 5) is 26.8. The minimum atomic E-state index is -0.111. The molecule has 0 radical (unpaired) electrons. The first kappa shape index (κ1) is 22.2. The predicted molar refractivity (Wildman–Crippen MR) is 112 cm³/mol. The molecule has 154 valence electrons. The molecule has 1 atom stereocenters. The molecule has 0 bridgehead atoms. The van der Waals surface area contributed by atoms with Gasteiger partial charge in [0.15, 0.2) is 0 Å².